The Balaban J connectivity index is 0.000000389. The van der Waals surface area contributed by atoms with Crippen molar-refractivity contribution in [2.45, 2.75) is 24.8 Å². The van der Waals surface area contributed by atoms with E-state index in [4.69, 9.17) is 39.3 Å². The Hall–Kier alpha value is -2.31. The SMILES string of the molecule is [2H]C([2H])(Cl)c1cc([N+](=O)[O-])cc(C([2H])([2H])OS(C)(=O)=O)c1.[2H]C([2H])(O)c1cc([N+](=O)[O-])cc(C([2H])([2H])Cl)c1. The zero-order valence-corrected chi connectivity index (χ0v) is 17.2. The van der Waals surface area contributed by atoms with Gasteiger partial charge < -0.3 is 5.11 Å². The summed E-state index contributed by atoms with van der Waals surface area (Å²) in [7, 11) is -4.18. The Labute approximate surface area is 193 Å². The van der Waals surface area contributed by atoms with Crippen LogP contribution in [-0.4, -0.2) is 29.6 Å². The lowest BCUT2D eigenvalue weighted by Crippen LogP contribution is -2.03. The van der Waals surface area contributed by atoms with Crippen LogP contribution in [0.3, 0.4) is 0 Å². The Morgan fingerprint density at radius 3 is 1.70 bits per heavy atom. The summed E-state index contributed by atoms with van der Waals surface area (Å²) in [6, 6.07) is 5.10. The molecule has 0 radical (unpaired) electrons. The number of nitrogens with zero attached hydrogens (tertiary/aromatic N) is 2. The van der Waals surface area contributed by atoms with Gasteiger partial charge in [-0.2, -0.15) is 8.42 Å². The minimum absolute atomic E-state index is 0.290. The molecule has 0 atom stereocenters. The maximum Gasteiger partial charge on any atom is 0.270 e. The van der Waals surface area contributed by atoms with Gasteiger partial charge in [0, 0.05) is 41.4 Å². The number of halogens is 2. The molecule has 0 fully saturated rings. The van der Waals surface area contributed by atoms with E-state index in [1.807, 2.05) is 0 Å². The Kier molecular flexibility index (Phi) is 6.07. The monoisotopic (exact) mass is 488 g/mol. The van der Waals surface area contributed by atoms with Crippen molar-refractivity contribution in [1.82, 2.24) is 0 Å². The predicted molar refractivity (Wildman–Crippen MR) is 111 cm³/mol. The molecule has 0 aliphatic carbocycles. The average molecular weight is 489 g/mol. The molecule has 0 bridgehead atoms. The Morgan fingerprint density at radius 2 is 1.33 bits per heavy atom. The van der Waals surface area contributed by atoms with E-state index in [9.17, 15) is 28.6 Å². The summed E-state index contributed by atoms with van der Waals surface area (Å²) in [5, 5.41) is 30.5. The van der Waals surface area contributed by atoms with Gasteiger partial charge in [0.05, 0.1) is 34.7 Å². The predicted octanol–water partition coefficient (Wildman–Crippen LogP) is 3.64. The van der Waals surface area contributed by atoms with E-state index in [1.165, 1.54) is 0 Å². The van der Waals surface area contributed by atoms with Crippen molar-refractivity contribution in [3.63, 3.8) is 0 Å². The molecule has 0 unspecified atom stereocenters. The number of nitro benzene ring substituents is 2. The van der Waals surface area contributed by atoms with Crippen molar-refractivity contribution in [2.24, 2.45) is 0 Å². The second-order valence-electron chi connectivity index (χ2n) is 5.24. The molecule has 1 N–H and O–H groups in total. The molecular weight excluding hydrogens is 463 g/mol. The molecule has 0 aliphatic heterocycles. The van der Waals surface area contributed by atoms with E-state index in [-0.39, 0.29) is 5.56 Å². The lowest BCUT2D eigenvalue weighted by Gasteiger charge is -2.04. The minimum Gasteiger partial charge on any atom is -0.392 e. The Bertz CT molecular complexity index is 1300. The van der Waals surface area contributed by atoms with Crippen LogP contribution >= 0.6 is 23.2 Å². The summed E-state index contributed by atoms with van der Waals surface area (Å²) in [5.41, 5.74) is -2.84. The Morgan fingerprint density at radius 1 is 0.933 bits per heavy atom. The molecule has 10 nitrogen and oxygen atoms in total. The maximum atomic E-state index is 11.0. The van der Waals surface area contributed by atoms with Gasteiger partial charge in [-0.15, -0.1) is 23.2 Å². The van der Waals surface area contributed by atoms with E-state index in [2.05, 4.69) is 4.18 Å². The van der Waals surface area contributed by atoms with E-state index >= 15 is 0 Å². The van der Waals surface area contributed by atoms with Crippen LogP contribution in [-0.2, 0) is 39.1 Å². The molecule has 2 rings (SSSR count). The zero-order chi connectivity index (χ0) is 30.1. The summed E-state index contributed by atoms with van der Waals surface area (Å²) in [4.78, 5) is 19.7. The third kappa shape index (κ3) is 9.01. The van der Waals surface area contributed by atoms with Gasteiger partial charge in [0.25, 0.3) is 21.5 Å². The molecule has 0 heterocycles. The van der Waals surface area contributed by atoms with Crippen molar-refractivity contribution >= 4 is 44.7 Å². The van der Waals surface area contributed by atoms with Crippen LogP contribution in [0.5, 0.6) is 0 Å². The van der Waals surface area contributed by atoms with Crippen molar-refractivity contribution < 1.29 is 38.5 Å². The van der Waals surface area contributed by atoms with Gasteiger partial charge >= 0.3 is 0 Å². The molecule has 30 heavy (non-hydrogen) atoms. The lowest BCUT2D eigenvalue weighted by atomic mass is 10.1. The highest BCUT2D eigenvalue weighted by Gasteiger charge is 2.11. The largest absolute Gasteiger partial charge is 0.392 e. The first-order valence-corrected chi connectivity index (χ1v) is 9.93. The van der Waals surface area contributed by atoms with Gasteiger partial charge in [-0.3, -0.25) is 24.4 Å². The van der Waals surface area contributed by atoms with Crippen molar-refractivity contribution in [3.05, 3.63) is 78.9 Å². The first kappa shape index (κ1) is 15.5. The molecule has 13 heteroatoms. The maximum absolute atomic E-state index is 11.0. The van der Waals surface area contributed by atoms with Gasteiger partial charge in [-0.25, -0.2) is 0 Å². The molecule has 0 spiro atoms. The smallest absolute Gasteiger partial charge is 0.270 e. The zero-order valence-electron chi connectivity index (χ0n) is 22.8. The fourth-order valence-electron chi connectivity index (χ4n) is 1.79. The van der Waals surface area contributed by atoms with E-state index < -0.39 is 72.8 Å². The van der Waals surface area contributed by atoms with Crippen LogP contribution in [0, 0.1) is 20.2 Å². The molecular formula is C17H18Cl2N2O8S. The summed E-state index contributed by atoms with van der Waals surface area (Å²) < 4.78 is 84.5. The molecule has 2 aromatic carbocycles. The van der Waals surface area contributed by atoms with Gasteiger partial charge in [0.15, 0.2) is 0 Å². The number of hydrogen-bond acceptors (Lipinski definition) is 8. The fourth-order valence-corrected chi connectivity index (χ4v) is 2.26. The van der Waals surface area contributed by atoms with Crippen LogP contribution in [0.25, 0.3) is 0 Å². The summed E-state index contributed by atoms with van der Waals surface area (Å²) in [6.45, 7) is -5.71. The number of alkyl halides is 2. The van der Waals surface area contributed by atoms with E-state index in [1.54, 1.807) is 0 Å². The standard InChI is InChI=1S/C9H10ClNO5S.C8H8ClNO3/c1-17(14,15)16-6-8-2-7(5-10)3-9(4-8)11(12)13;9-4-6-1-7(5-11)3-8(2-6)10(12)13/h2-4H,5-6H2,1H3;1-3,11H,4-5H2/i5D2,6D2;4D2,5D2. The van der Waals surface area contributed by atoms with Crippen LogP contribution in [0.15, 0.2) is 36.4 Å². The highest BCUT2D eigenvalue weighted by atomic mass is 35.5. The number of aliphatic hydroxyl groups is 1. The quantitative estimate of drug-likeness (QED) is 0.256. The van der Waals surface area contributed by atoms with E-state index in [0.29, 0.717) is 6.26 Å². The molecule has 0 saturated heterocycles. The van der Waals surface area contributed by atoms with Crippen LogP contribution < -0.4 is 0 Å². The number of nitro groups is 2. The van der Waals surface area contributed by atoms with E-state index in [0.717, 1.165) is 36.4 Å². The first-order chi connectivity index (χ1) is 16.7. The second kappa shape index (κ2) is 11.8. The third-order valence-corrected chi connectivity index (χ3v) is 3.74. The molecule has 164 valence electrons. The summed E-state index contributed by atoms with van der Waals surface area (Å²) >= 11 is 10.8. The normalized spacial score (nSPS) is 16.7. The van der Waals surface area contributed by atoms with Crippen LogP contribution in [0.1, 0.15) is 33.2 Å². The minimum atomic E-state index is -4.18. The van der Waals surface area contributed by atoms with Crippen LogP contribution in [0.2, 0.25) is 0 Å². The molecule has 2 aromatic rings. The molecule has 0 saturated carbocycles. The van der Waals surface area contributed by atoms with Crippen molar-refractivity contribution in [1.29, 1.82) is 0 Å². The molecule has 0 amide bonds. The number of non-ortho nitro benzene ring substituents is 2. The lowest BCUT2D eigenvalue weighted by molar-refractivity contribution is -0.385. The third-order valence-electron chi connectivity index (χ3n) is 2.92. The number of hydrogen-bond donors (Lipinski definition) is 1. The van der Waals surface area contributed by atoms with Gasteiger partial charge in [0.2, 0.25) is 0 Å². The van der Waals surface area contributed by atoms with Crippen molar-refractivity contribution in [2.75, 3.05) is 6.26 Å². The highest BCUT2D eigenvalue weighted by molar-refractivity contribution is 7.85. The highest BCUT2D eigenvalue weighted by Crippen LogP contribution is 2.20. The van der Waals surface area contributed by atoms with Gasteiger partial charge in [0.1, 0.15) is 0 Å². The molecule has 0 aromatic heterocycles. The van der Waals surface area contributed by atoms with Gasteiger partial charge in [-0.1, -0.05) is 12.1 Å². The average Bonchev–Trinajstić information content (AvgIpc) is 2.70. The number of benzene rings is 2. The van der Waals surface area contributed by atoms with Crippen molar-refractivity contribution in [3.8, 4) is 0 Å². The fraction of sp³-hybridized carbons (Fsp3) is 0.294. The topological polar surface area (TPSA) is 150 Å². The second-order valence-corrected chi connectivity index (χ2v) is 7.19. The summed E-state index contributed by atoms with van der Waals surface area (Å²) in [5.74, 6) is -4.88. The first-order valence-electron chi connectivity index (χ1n) is 11.4. The molecule has 0 aliphatic rings. The number of rotatable bonds is 8. The van der Waals surface area contributed by atoms with Gasteiger partial charge in [-0.05, 0) is 22.3 Å². The van der Waals surface area contributed by atoms with Crippen LogP contribution in [0.4, 0.5) is 11.4 Å². The summed E-state index contributed by atoms with van der Waals surface area (Å²) in [6.07, 6.45) is 0.615.